The minimum atomic E-state index is -4.59. The van der Waals surface area contributed by atoms with Gasteiger partial charge in [0, 0.05) is 0 Å². The van der Waals surface area contributed by atoms with Gasteiger partial charge in [0.15, 0.2) is 6.10 Å². The molecule has 2 unspecified atom stereocenters. The molecule has 0 aromatic rings. The van der Waals surface area contributed by atoms with Crippen LogP contribution in [0.4, 0.5) is 26.3 Å². The van der Waals surface area contributed by atoms with E-state index in [0.717, 1.165) is 6.92 Å². The number of hydrogen-bond acceptors (Lipinski definition) is 4. The molecule has 0 heterocycles. The summed E-state index contributed by atoms with van der Waals surface area (Å²) in [5.41, 5.74) is 0. The molecule has 120 valence electrons. The van der Waals surface area contributed by atoms with Gasteiger partial charge in [0.05, 0.1) is 6.10 Å². The number of ether oxygens (including phenoxy) is 3. The fraction of sp³-hybridized carbons (Fsp3) is 0.900. The Kier molecular flexibility index (Phi) is 7.28. The van der Waals surface area contributed by atoms with Crippen LogP contribution in [0.5, 0.6) is 0 Å². The van der Waals surface area contributed by atoms with Gasteiger partial charge in [-0.05, 0) is 13.8 Å². The Bertz CT molecular complexity index is 301. The molecule has 0 rings (SSSR count). The van der Waals surface area contributed by atoms with Gasteiger partial charge in [-0.25, -0.2) is 4.79 Å². The molecule has 0 N–H and O–H groups in total. The maximum absolute atomic E-state index is 11.8. The minimum absolute atomic E-state index is 0.519. The third-order valence-electron chi connectivity index (χ3n) is 1.82. The van der Waals surface area contributed by atoms with Crippen molar-refractivity contribution in [3.05, 3.63) is 0 Å². The first-order valence-corrected chi connectivity index (χ1v) is 5.44. The Hall–Kier alpha value is -1.03. The summed E-state index contributed by atoms with van der Waals surface area (Å²) in [5.74, 6) is -1.11. The number of carbonyl (C=O) groups is 1. The third-order valence-corrected chi connectivity index (χ3v) is 1.82. The molecule has 0 amide bonds. The maximum Gasteiger partial charge on any atom is 0.411 e. The van der Waals surface area contributed by atoms with Crippen LogP contribution in [-0.2, 0) is 19.0 Å². The fourth-order valence-corrected chi connectivity index (χ4v) is 0.889. The van der Waals surface area contributed by atoms with Crippen LogP contribution in [0.15, 0.2) is 0 Å². The normalized spacial score (nSPS) is 15.8. The first-order chi connectivity index (χ1) is 8.91. The van der Waals surface area contributed by atoms with E-state index in [0.29, 0.717) is 0 Å². The van der Waals surface area contributed by atoms with E-state index in [4.69, 9.17) is 0 Å². The first-order valence-electron chi connectivity index (χ1n) is 5.44. The lowest BCUT2D eigenvalue weighted by atomic mass is 10.4. The largest absolute Gasteiger partial charge is 0.461 e. The summed E-state index contributed by atoms with van der Waals surface area (Å²) in [4.78, 5) is 11.2. The van der Waals surface area contributed by atoms with Crippen LogP contribution in [0.1, 0.15) is 13.8 Å². The zero-order valence-corrected chi connectivity index (χ0v) is 10.7. The van der Waals surface area contributed by atoms with E-state index < -0.39 is 50.4 Å². The molecule has 0 aliphatic rings. The second-order valence-electron chi connectivity index (χ2n) is 3.94. The van der Waals surface area contributed by atoms with Gasteiger partial charge in [0.1, 0.15) is 19.8 Å². The predicted octanol–water partition coefficient (Wildman–Crippen LogP) is 2.46. The molecule has 0 bridgehead atoms. The minimum Gasteiger partial charge on any atom is -0.461 e. The molecular weight excluding hydrogens is 298 g/mol. The van der Waals surface area contributed by atoms with Gasteiger partial charge in [-0.3, -0.25) is 0 Å². The van der Waals surface area contributed by atoms with Gasteiger partial charge >= 0.3 is 18.3 Å². The second kappa shape index (κ2) is 7.67. The SMILES string of the molecule is CC(COC(=O)C(C)OCC(F)(F)F)OCC(F)(F)F. The lowest BCUT2D eigenvalue weighted by Gasteiger charge is -2.17. The van der Waals surface area contributed by atoms with Crippen molar-refractivity contribution in [1.29, 1.82) is 0 Å². The molecule has 20 heavy (non-hydrogen) atoms. The van der Waals surface area contributed by atoms with Crippen molar-refractivity contribution < 1.29 is 45.3 Å². The van der Waals surface area contributed by atoms with Gasteiger partial charge in [-0.2, -0.15) is 26.3 Å². The third kappa shape index (κ3) is 10.9. The van der Waals surface area contributed by atoms with Crippen LogP contribution in [0.2, 0.25) is 0 Å². The number of halogens is 6. The second-order valence-corrected chi connectivity index (χ2v) is 3.94. The van der Waals surface area contributed by atoms with Gasteiger partial charge in [0.2, 0.25) is 0 Å². The highest BCUT2D eigenvalue weighted by atomic mass is 19.4. The van der Waals surface area contributed by atoms with Crippen molar-refractivity contribution in [3.63, 3.8) is 0 Å². The lowest BCUT2D eigenvalue weighted by molar-refractivity contribution is -0.198. The van der Waals surface area contributed by atoms with E-state index in [9.17, 15) is 31.1 Å². The zero-order valence-electron chi connectivity index (χ0n) is 10.7. The van der Waals surface area contributed by atoms with E-state index in [2.05, 4.69) is 14.2 Å². The maximum atomic E-state index is 11.8. The number of alkyl halides is 6. The van der Waals surface area contributed by atoms with Crippen LogP contribution < -0.4 is 0 Å². The van der Waals surface area contributed by atoms with Crippen LogP contribution in [0, 0.1) is 0 Å². The average Bonchev–Trinajstić information content (AvgIpc) is 2.28. The topological polar surface area (TPSA) is 44.8 Å². The van der Waals surface area contributed by atoms with E-state index >= 15 is 0 Å². The van der Waals surface area contributed by atoms with Gasteiger partial charge in [-0.1, -0.05) is 0 Å². The number of esters is 1. The van der Waals surface area contributed by atoms with Gasteiger partial charge in [0.25, 0.3) is 0 Å². The standard InChI is InChI=1S/C10H14F6O4/c1-6(19-4-9(11,12)13)3-18-8(17)7(2)20-5-10(14,15)16/h6-7H,3-5H2,1-2H3. The molecular formula is C10H14F6O4. The van der Waals surface area contributed by atoms with E-state index in [1.54, 1.807) is 0 Å². The Balaban J connectivity index is 3.91. The average molecular weight is 312 g/mol. The lowest BCUT2D eigenvalue weighted by Crippen LogP contribution is -2.31. The molecule has 0 aliphatic heterocycles. The summed E-state index contributed by atoms with van der Waals surface area (Å²) < 4.78 is 83.8. The molecule has 0 radical (unpaired) electrons. The molecule has 0 saturated heterocycles. The molecule has 0 aliphatic carbocycles. The predicted molar refractivity (Wildman–Crippen MR) is 53.9 cm³/mol. The van der Waals surface area contributed by atoms with Crippen LogP contribution in [0.3, 0.4) is 0 Å². The van der Waals surface area contributed by atoms with Crippen molar-refractivity contribution in [2.45, 2.75) is 38.4 Å². The van der Waals surface area contributed by atoms with Crippen molar-refractivity contribution in [1.82, 2.24) is 0 Å². The highest BCUT2D eigenvalue weighted by molar-refractivity contribution is 5.74. The van der Waals surface area contributed by atoms with Crippen LogP contribution >= 0.6 is 0 Å². The molecule has 2 atom stereocenters. The van der Waals surface area contributed by atoms with Crippen LogP contribution in [0.25, 0.3) is 0 Å². The Labute approximate surface area is 111 Å². The quantitative estimate of drug-likeness (QED) is 0.535. The molecule has 10 heteroatoms. The number of carbonyl (C=O) groups excluding carboxylic acids is 1. The molecule has 0 fully saturated rings. The number of rotatable bonds is 7. The van der Waals surface area contributed by atoms with E-state index in [-0.39, 0.29) is 0 Å². The first kappa shape index (κ1) is 19.0. The van der Waals surface area contributed by atoms with Crippen LogP contribution in [-0.4, -0.2) is 50.4 Å². The summed E-state index contributed by atoms with van der Waals surface area (Å²) in [7, 11) is 0. The summed E-state index contributed by atoms with van der Waals surface area (Å²) in [6.07, 6.45) is -11.6. The highest BCUT2D eigenvalue weighted by Gasteiger charge is 2.31. The summed E-state index contributed by atoms with van der Waals surface area (Å²) >= 11 is 0. The highest BCUT2D eigenvalue weighted by Crippen LogP contribution is 2.16. The number of hydrogen-bond donors (Lipinski definition) is 0. The molecule has 0 spiro atoms. The summed E-state index contributed by atoms with van der Waals surface area (Å²) in [6, 6.07) is 0. The summed E-state index contributed by atoms with van der Waals surface area (Å²) in [6.45, 7) is -1.39. The van der Waals surface area contributed by atoms with Crippen molar-refractivity contribution in [2.75, 3.05) is 19.8 Å². The Morgan fingerprint density at radius 1 is 0.950 bits per heavy atom. The Morgan fingerprint density at radius 2 is 1.40 bits per heavy atom. The van der Waals surface area contributed by atoms with Crippen molar-refractivity contribution in [3.8, 4) is 0 Å². The molecule has 0 aromatic carbocycles. The fourth-order valence-electron chi connectivity index (χ4n) is 0.889. The molecule has 0 saturated carbocycles. The van der Waals surface area contributed by atoms with E-state index in [1.165, 1.54) is 6.92 Å². The monoisotopic (exact) mass is 312 g/mol. The molecule has 4 nitrogen and oxygen atoms in total. The van der Waals surface area contributed by atoms with Crippen molar-refractivity contribution >= 4 is 5.97 Å². The zero-order chi connectivity index (χ0) is 16.0. The van der Waals surface area contributed by atoms with Gasteiger partial charge in [-0.15, -0.1) is 0 Å². The molecule has 0 aromatic heterocycles. The summed E-state index contributed by atoms with van der Waals surface area (Å²) in [5, 5.41) is 0. The Morgan fingerprint density at radius 3 is 1.85 bits per heavy atom. The van der Waals surface area contributed by atoms with E-state index in [1.807, 2.05) is 0 Å². The smallest absolute Gasteiger partial charge is 0.411 e. The van der Waals surface area contributed by atoms with Gasteiger partial charge < -0.3 is 14.2 Å². The van der Waals surface area contributed by atoms with Crippen molar-refractivity contribution in [2.24, 2.45) is 0 Å².